The monoisotopic (exact) mass is 333 g/mol. The molecule has 20 heavy (non-hydrogen) atoms. The number of nitrogen functional groups attached to an aromatic ring is 1. The Morgan fingerprint density at radius 2 is 2.15 bits per heavy atom. The molecule has 0 spiro atoms. The van der Waals surface area contributed by atoms with Crippen LogP contribution in [0.1, 0.15) is 12.5 Å². The van der Waals surface area contributed by atoms with Crippen LogP contribution in [-0.2, 0) is 4.79 Å². The van der Waals surface area contributed by atoms with Crippen LogP contribution in [0.4, 0.5) is 5.69 Å². The Morgan fingerprint density at radius 3 is 2.70 bits per heavy atom. The molecule has 4 heteroatoms. The molecule has 0 aliphatic carbocycles. The summed E-state index contributed by atoms with van der Waals surface area (Å²) < 4.78 is 5.86. The molecule has 0 fully saturated rings. The topological polar surface area (TPSA) is 52.3 Å². The summed E-state index contributed by atoms with van der Waals surface area (Å²) in [6.45, 7) is 8.82. The molecule has 0 heterocycles. The highest BCUT2D eigenvalue weighted by Crippen LogP contribution is 2.25. The van der Waals surface area contributed by atoms with Crippen LogP contribution < -0.4 is 10.5 Å². The molecular weight excluding hydrogens is 318 g/mol. The minimum atomic E-state index is -0.379. The molecule has 2 N–H and O–H groups in total. The number of benzene rings is 1. The number of carbonyl (C=O) groups excluding carboxylic acids is 1. The Morgan fingerprint density at radius 1 is 1.45 bits per heavy atom. The van der Waals surface area contributed by atoms with E-state index < -0.39 is 0 Å². The maximum absolute atomic E-state index is 11.1. The third-order valence-corrected chi connectivity index (χ3v) is 2.80. The fourth-order valence-corrected chi connectivity index (χ4v) is 1.75. The van der Waals surface area contributed by atoms with Crippen LogP contribution in [0.15, 0.2) is 59.6 Å². The first kappa shape index (κ1) is 16.0. The number of ether oxygens (including phenoxy) is 1. The molecule has 1 rings (SSSR count). The average molecular weight is 334 g/mol. The normalized spacial score (nSPS) is 11.4. The highest BCUT2D eigenvalue weighted by Gasteiger charge is 2.04. The molecule has 0 saturated carbocycles. The minimum absolute atomic E-state index is 0.379. The summed E-state index contributed by atoms with van der Waals surface area (Å²) in [5.41, 5.74) is 7.91. The van der Waals surface area contributed by atoms with Gasteiger partial charge < -0.3 is 10.5 Å². The first-order valence-electron chi connectivity index (χ1n) is 5.87. The van der Waals surface area contributed by atoms with Crippen LogP contribution in [0.2, 0.25) is 0 Å². The Kier molecular flexibility index (Phi) is 6.00. The van der Waals surface area contributed by atoms with Crippen molar-refractivity contribution in [1.82, 2.24) is 0 Å². The highest BCUT2D eigenvalue weighted by atomic mass is 79.9. The van der Waals surface area contributed by atoms with Crippen LogP contribution in [0, 0.1) is 0 Å². The first-order chi connectivity index (χ1) is 9.43. The van der Waals surface area contributed by atoms with E-state index in [4.69, 9.17) is 10.5 Å². The first-order valence-corrected chi connectivity index (χ1v) is 6.67. The van der Waals surface area contributed by atoms with E-state index in [2.05, 4.69) is 29.1 Å². The third-order valence-electron chi connectivity index (χ3n) is 2.34. The van der Waals surface area contributed by atoms with E-state index in [-0.39, 0.29) is 5.97 Å². The summed E-state index contributed by atoms with van der Waals surface area (Å²) >= 11 is 3.32. The summed E-state index contributed by atoms with van der Waals surface area (Å²) in [6.07, 6.45) is 7.11. The van der Waals surface area contributed by atoms with E-state index in [0.29, 0.717) is 17.0 Å². The van der Waals surface area contributed by atoms with Crippen molar-refractivity contribution >= 4 is 33.7 Å². The minimum Gasteiger partial charge on any atom is -0.426 e. The van der Waals surface area contributed by atoms with Gasteiger partial charge in [-0.2, -0.15) is 0 Å². The van der Waals surface area contributed by atoms with Gasteiger partial charge in [0.15, 0.2) is 0 Å². The standard InChI is InChI=1S/C16H16BrNO2/c1-4-5-13(11(2)17)6-7-14-10-15(18)8-9-16(14)20-12(3)19/h4-10H,1-2,18H2,3H3/b7-6+,13-5-. The number of carbonyl (C=O) groups is 1. The molecule has 0 unspecified atom stereocenters. The van der Waals surface area contributed by atoms with Crippen LogP contribution in [-0.4, -0.2) is 5.97 Å². The molecular formula is C16H16BrNO2. The van der Waals surface area contributed by atoms with Gasteiger partial charge in [-0.1, -0.05) is 53.4 Å². The Hall–Kier alpha value is -2.07. The zero-order valence-electron chi connectivity index (χ0n) is 11.2. The largest absolute Gasteiger partial charge is 0.426 e. The Balaban J connectivity index is 3.15. The SMILES string of the molecule is C=C/C=C(/C=C/c1cc(N)ccc1OC(C)=O)C(=C)Br. The lowest BCUT2D eigenvalue weighted by molar-refractivity contribution is -0.131. The van der Waals surface area contributed by atoms with Crippen LogP contribution in [0.5, 0.6) is 5.75 Å². The van der Waals surface area contributed by atoms with Crippen molar-refractivity contribution in [3.05, 3.63) is 65.2 Å². The van der Waals surface area contributed by atoms with Gasteiger partial charge in [0.25, 0.3) is 0 Å². The molecule has 0 aliphatic rings. The van der Waals surface area contributed by atoms with Gasteiger partial charge >= 0.3 is 5.97 Å². The van der Waals surface area contributed by atoms with Crippen LogP contribution >= 0.6 is 15.9 Å². The number of nitrogens with two attached hydrogens (primary N) is 1. The van der Waals surface area contributed by atoms with Gasteiger partial charge in [0.2, 0.25) is 0 Å². The summed E-state index contributed by atoms with van der Waals surface area (Å²) in [6, 6.07) is 5.08. The second-order valence-electron chi connectivity index (χ2n) is 3.99. The molecule has 0 amide bonds. The second-order valence-corrected chi connectivity index (χ2v) is 4.94. The number of hydrogen-bond acceptors (Lipinski definition) is 3. The molecule has 0 bridgehead atoms. The average Bonchev–Trinajstić information content (AvgIpc) is 2.36. The van der Waals surface area contributed by atoms with E-state index in [9.17, 15) is 4.79 Å². The van der Waals surface area contributed by atoms with Crippen molar-refractivity contribution in [2.75, 3.05) is 5.73 Å². The van der Waals surface area contributed by atoms with Gasteiger partial charge in [-0.05, 0) is 23.8 Å². The summed E-state index contributed by atoms with van der Waals surface area (Å²) in [5, 5.41) is 0. The van der Waals surface area contributed by atoms with E-state index in [1.54, 1.807) is 30.4 Å². The molecule has 0 aromatic heterocycles. The lowest BCUT2D eigenvalue weighted by Gasteiger charge is -2.07. The predicted molar refractivity (Wildman–Crippen MR) is 87.5 cm³/mol. The molecule has 0 aliphatic heterocycles. The zero-order valence-corrected chi connectivity index (χ0v) is 12.8. The van der Waals surface area contributed by atoms with Crippen molar-refractivity contribution in [2.45, 2.75) is 6.92 Å². The third kappa shape index (κ3) is 4.90. The number of rotatable bonds is 5. The van der Waals surface area contributed by atoms with Gasteiger partial charge in [0, 0.05) is 22.7 Å². The number of allylic oxidation sites excluding steroid dienone is 5. The Labute approximate surface area is 127 Å². The summed E-state index contributed by atoms with van der Waals surface area (Å²) in [4.78, 5) is 11.1. The molecule has 3 nitrogen and oxygen atoms in total. The van der Waals surface area contributed by atoms with Crippen molar-refractivity contribution in [3.8, 4) is 5.75 Å². The predicted octanol–water partition coefficient (Wildman–Crippen LogP) is 4.23. The maximum atomic E-state index is 11.1. The van der Waals surface area contributed by atoms with Crippen molar-refractivity contribution in [1.29, 1.82) is 0 Å². The number of hydrogen-bond donors (Lipinski definition) is 1. The molecule has 0 radical (unpaired) electrons. The van der Waals surface area contributed by atoms with E-state index in [1.165, 1.54) is 6.92 Å². The van der Waals surface area contributed by atoms with Gasteiger partial charge in [-0.15, -0.1) is 0 Å². The van der Waals surface area contributed by atoms with Crippen molar-refractivity contribution in [3.63, 3.8) is 0 Å². The van der Waals surface area contributed by atoms with Gasteiger partial charge in [0.1, 0.15) is 5.75 Å². The second kappa shape index (κ2) is 7.50. The molecule has 0 atom stereocenters. The number of anilines is 1. The number of halogens is 1. The smallest absolute Gasteiger partial charge is 0.308 e. The van der Waals surface area contributed by atoms with Crippen molar-refractivity contribution < 1.29 is 9.53 Å². The number of esters is 1. The quantitative estimate of drug-likeness (QED) is 0.379. The molecule has 0 saturated heterocycles. The van der Waals surface area contributed by atoms with E-state index in [1.807, 2.05) is 12.2 Å². The van der Waals surface area contributed by atoms with E-state index >= 15 is 0 Å². The van der Waals surface area contributed by atoms with Gasteiger partial charge in [-0.3, -0.25) is 4.79 Å². The molecule has 1 aromatic carbocycles. The van der Waals surface area contributed by atoms with Crippen LogP contribution in [0.25, 0.3) is 6.08 Å². The fourth-order valence-electron chi connectivity index (χ4n) is 1.49. The van der Waals surface area contributed by atoms with Gasteiger partial charge in [-0.25, -0.2) is 0 Å². The molecule has 1 aromatic rings. The lowest BCUT2D eigenvalue weighted by Crippen LogP contribution is -2.03. The maximum Gasteiger partial charge on any atom is 0.308 e. The zero-order chi connectivity index (χ0) is 15.1. The van der Waals surface area contributed by atoms with Crippen LogP contribution in [0.3, 0.4) is 0 Å². The van der Waals surface area contributed by atoms with Gasteiger partial charge in [0.05, 0.1) is 0 Å². The van der Waals surface area contributed by atoms with Crippen molar-refractivity contribution in [2.24, 2.45) is 0 Å². The molecule has 104 valence electrons. The summed E-state index contributed by atoms with van der Waals surface area (Å²) in [5.74, 6) is 0.0808. The summed E-state index contributed by atoms with van der Waals surface area (Å²) in [7, 11) is 0. The van der Waals surface area contributed by atoms with E-state index in [0.717, 1.165) is 10.1 Å². The highest BCUT2D eigenvalue weighted by molar-refractivity contribution is 9.11. The lowest BCUT2D eigenvalue weighted by atomic mass is 10.1. The Bertz CT molecular complexity index is 600. The fraction of sp³-hybridized carbons (Fsp3) is 0.0625.